The molecule has 1 aliphatic carbocycles. The first kappa shape index (κ1) is 14.6. The summed E-state index contributed by atoms with van der Waals surface area (Å²) < 4.78 is 0. The van der Waals surface area contributed by atoms with Gasteiger partial charge in [0, 0.05) is 12.1 Å². The van der Waals surface area contributed by atoms with Gasteiger partial charge in [-0.2, -0.15) is 0 Å². The van der Waals surface area contributed by atoms with E-state index in [1.54, 1.807) is 0 Å². The van der Waals surface area contributed by atoms with Crippen LogP contribution in [0.5, 0.6) is 0 Å². The highest BCUT2D eigenvalue weighted by Gasteiger charge is 2.28. The second-order valence-electron chi connectivity index (χ2n) is 6.29. The lowest BCUT2D eigenvalue weighted by molar-refractivity contribution is 0.191. The molecule has 1 nitrogen and oxygen atoms in total. The molecule has 1 saturated carbocycles. The first-order valence-corrected chi connectivity index (χ1v) is 8.03. The zero-order valence-electron chi connectivity index (χ0n) is 12.7. The van der Waals surface area contributed by atoms with E-state index >= 15 is 0 Å². The zero-order chi connectivity index (χ0) is 13.7. The monoisotopic (exact) mass is 259 g/mol. The molecule has 106 valence electrons. The third-order valence-electron chi connectivity index (χ3n) is 4.90. The lowest BCUT2D eigenvalue weighted by atomic mass is 9.77. The minimum atomic E-state index is 0.531. The highest BCUT2D eigenvalue weighted by atomic mass is 15.0. The Bertz CT molecular complexity index is 359. The normalized spacial score (nSPS) is 29.1. The van der Waals surface area contributed by atoms with Crippen molar-refractivity contribution < 1.29 is 0 Å². The quantitative estimate of drug-likeness (QED) is 0.789. The molecular formula is C18H29N. The van der Waals surface area contributed by atoms with Gasteiger partial charge in [-0.1, -0.05) is 70.4 Å². The predicted octanol–water partition coefficient (Wildman–Crippen LogP) is 4.94. The Morgan fingerprint density at radius 1 is 1.16 bits per heavy atom. The van der Waals surface area contributed by atoms with E-state index in [2.05, 4.69) is 56.4 Å². The summed E-state index contributed by atoms with van der Waals surface area (Å²) in [6, 6.07) is 12.2. The van der Waals surface area contributed by atoms with E-state index in [1.165, 1.54) is 37.7 Å². The maximum atomic E-state index is 3.95. The first-order valence-electron chi connectivity index (χ1n) is 8.03. The van der Waals surface area contributed by atoms with Gasteiger partial charge in [0.2, 0.25) is 0 Å². The van der Waals surface area contributed by atoms with Crippen LogP contribution in [-0.4, -0.2) is 6.04 Å². The van der Waals surface area contributed by atoms with Crippen molar-refractivity contribution in [1.29, 1.82) is 0 Å². The third-order valence-corrected chi connectivity index (χ3v) is 4.90. The van der Waals surface area contributed by atoms with E-state index in [1.807, 2.05) is 0 Å². The van der Waals surface area contributed by atoms with Crippen LogP contribution in [0, 0.1) is 11.8 Å². The SMILES string of the molecule is CCCC(NC1CCCC(C)C1C)c1ccccc1. The molecule has 1 aromatic rings. The molecule has 0 heterocycles. The second kappa shape index (κ2) is 7.09. The molecule has 1 aromatic carbocycles. The summed E-state index contributed by atoms with van der Waals surface area (Å²) in [4.78, 5) is 0. The molecule has 0 aromatic heterocycles. The van der Waals surface area contributed by atoms with Gasteiger partial charge in [0.05, 0.1) is 0 Å². The molecule has 1 heteroatoms. The highest BCUT2D eigenvalue weighted by molar-refractivity contribution is 5.19. The molecule has 0 saturated heterocycles. The largest absolute Gasteiger partial charge is 0.307 e. The van der Waals surface area contributed by atoms with Crippen LogP contribution in [-0.2, 0) is 0 Å². The summed E-state index contributed by atoms with van der Waals surface area (Å²) in [5.74, 6) is 1.67. The molecule has 0 aliphatic heterocycles. The fourth-order valence-corrected chi connectivity index (χ4v) is 3.40. The molecule has 19 heavy (non-hydrogen) atoms. The molecule has 0 radical (unpaired) electrons. The molecule has 0 spiro atoms. The number of rotatable bonds is 5. The molecule has 1 aliphatic rings. The summed E-state index contributed by atoms with van der Waals surface area (Å²) >= 11 is 0. The van der Waals surface area contributed by atoms with Gasteiger partial charge in [-0.15, -0.1) is 0 Å². The molecule has 1 N–H and O–H groups in total. The summed E-state index contributed by atoms with van der Waals surface area (Å²) in [6.07, 6.45) is 6.61. The van der Waals surface area contributed by atoms with Crippen LogP contribution in [0.1, 0.15) is 64.5 Å². The maximum absolute atomic E-state index is 3.95. The second-order valence-corrected chi connectivity index (χ2v) is 6.29. The average Bonchev–Trinajstić information content (AvgIpc) is 2.44. The number of nitrogens with one attached hydrogen (secondary N) is 1. The van der Waals surface area contributed by atoms with E-state index in [9.17, 15) is 0 Å². The molecule has 4 atom stereocenters. The van der Waals surface area contributed by atoms with Gasteiger partial charge in [0.25, 0.3) is 0 Å². The van der Waals surface area contributed by atoms with Crippen LogP contribution in [0.4, 0.5) is 0 Å². The van der Waals surface area contributed by atoms with Crippen molar-refractivity contribution in [2.75, 3.05) is 0 Å². The van der Waals surface area contributed by atoms with Crippen LogP contribution in [0.2, 0.25) is 0 Å². The van der Waals surface area contributed by atoms with Crippen molar-refractivity contribution in [3.05, 3.63) is 35.9 Å². The van der Waals surface area contributed by atoms with Gasteiger partial charge >= 0.3 is 0 Å². The fraction of sp³-hybridized carbons (Fsp3) is 0.667. The summed E-state index contributed by atoms with van der Waals surface area (Å²) in [5, 5.41) is 3.95. The average molecular weight is 259 g/mol. The lowest BCUT2D eigenvalue weighted by Gasteiger charge is -2.37. The Morgan fingerprint density at radius 2 is 1.89 bits per heavy atom. The summed E-state index contributed by atoms with van der Waals surface area (Å²) in [7, 11) is 0. The van der Waals surface area contributed by atoms with Crippen molar-refractivity contribution in [3.63, 3.8) is 0 Å². The van der Waals surface area contributed by atoms with E-state index in [4.69, 9.17) is 0 Å². The van der Waals surface area contributed by atoms with Crippen molar-refractivity contribution >= 4 is 0 Å². The van der Waals surface area contributed by atoms with Crippen LogP contribution < -0.4 is 5.32 Å². The smallest absolute Gasteiger partial charge is 0.0322 e. The zero-order valence-corrected chi connectivity index (χ0v) is 12.7. The van der Waals surface area contributed by atoms with Crippen molar-refractivity contribution in [2.45, 2.75) is 65.0 Å². The van der Waals surface area contributed by atoms with Crippen LogP contribution in [0.25, 0.3) is 0 Å². The van der Waals surface area contributed by atoms with Crippen LogP contribution in [0.3, 0.4) is 0 Å². The highest BCUT2D eigenvalue weighted by Crippen LogP contribution is 2.31. The fourth-order valence-electron chi connectivity index (χ4n) is 3.40. The molecular weight excluding hydrogens is 230 g/mol. The minimum Gasteiger partial charge on any atom is -0.307 e. The van der Waals surface area contributed by atoms with Gasteiger partial charge in [-0.25, -0.2) is 0 Å². The lowest BCUT2D eigenvalue weighted by Crippen LogP contribution is -2.42. The molecule has 2 rings (SSSR count). The van der Waals surface area contributed by atoms with Gasteiger partial charge in [-0.3, -0.25) is 0 Å². The molecule has 0 amide bonds. The first-order chi connectivity index (χ1) is 9.22. The van der Waals surface area contributed by atoms with Crippen molar-refractivity contribution in [1.82, 2.24) is 5.32 Å². The van der Waals surface area contributed by atoms with Gasteiger partial charge in [-0.05, 0) is 30.2 Å². The van der Waals surface area contributed by atoms with Crippen LogP contribution >= 0.6 is 0 Å². The molecule has 4 unspecified atom stereocenters. The summed E-state index contributed by atoms with van der Waals surface area (Å²) in [5.41, 5.74) is 1.45. The Balaban J connectivity index is 2.04. The number of benzene rings is 1. The molecule has 1 fully saturated rings. The predicted molar refractivity (Wildman–Crippen MR) is 83.2 cm³/mol. The van der Waals surface area contributed by atoms with E-state index in [-0.39, 0.29) is 0 Å². The third kappa shape index (κ3) is 3.82. The Morgan fingerprint density at radius 3 is 2.58 bits per heavy atom. The topological polar surface area (TPSA) is 12.0 Å². The minimum absolute atomic E-state index is 0.531. The maximum Gasteiger partial charge on any atom is 0.0322 e. The van der Waals surface area contributed by atoms with Gasteiger partial charge in [0.15, 0.2) is 0 Å². The van der Waals surface area contributed by atoms with Crippen molar-refractivity contribution in [3.8, 4) is 0 Å². The molecule has 0 bridgehead atoms. The number of hydrogen-bond donors (Lipinski definition) is 1. The van der Waals surface area contributed by atoms with E-state index in [0.717, 1.165) is 11.8 Å². The van der Waals surface area contributed by atoms with E-state index < -0.39 is 0 Å². The summed E-state index contributed by atoms with van der Waals surface area (Å²) in [6.45, 7) is 7.12. The standard InChI is InChI=1S/C18H29N/c1-4-9-18(16-11-6-5-7-12-16)19-17-13-8-10-14(2)15(17)3/h5-7,11-12,14-15,17-19H,4,8-10,13H2,1-3H3. The Hall–Kier alpha value is -0.820. The van der Waals surface area contributed by atoms with Gasteiger partial charge < -0.3 is 5.32 Å². The van der Waals surface area contributed by atoms with Crippen LogP contribution in [0.15, 0.2) is 30.3 Å². The number of hydrogen-bond acceptors (Lipinski definition) is 1. The van der Waals surface area contributed by atoms with Gasteiger partial charge in [0.1, 0.15) is 0 Å². The Labute approximate surface area is 118 Å². The van der Waals surface area contributed by atoms with E-state index in [0.29, 0.717) is 12.1 Å². The Kier molecular flexibility index (Phi) is 5.45. The van der Waals surface area contributed by atoms with Crippen molar-refractivity contribution in [2.24, 2.45) is 11.8 Å².